The highest BCUT2D eigenvalue weighted by Gasteiger charge is 2.08. The van der Waals surface area contributed by atoms with Gasteiger partial charge in [0.2, 0.25) is 0 Å². The van der Waals surface area contributed by atoms with E-state index in [2.05, 4.69) is 26.1 Å². The molecule has 2 atom stereocenters. The summed E-state index contributed by atoms with van der Waals surface area (Å²) in [6, 6.07) is 8.25. The molecule has 2 unspecified atom stereocenters. The van der Waals surface area contributed by atoms with Crippen LogP contribution in [0.2, 0.25) is 0 Å². The minimum atomic E-state index is 0.290. The van der Waals surface area contributed by atoms with E-state index in [-0.39, 0.29) is 0 Å². The highest BCUT2D eigenvalue weighted by atomic mass is 16.3. The van der Waals surface area contributed by atoms with Gasteiger partial charge in [-0.05, 0) is 38.0 Å². The van der Waals surface area contributed by atoms with E-state index < -0.39 is 0 Å². The molecule has 0 heterocycles. The molecule has 0 bridgehead atoms. The molecule has 0 aliphatic heterocycles. The van der Waals surface area contributed by atoms with E-state index in [9.17, 15) is 5.11 Å². The van der Waals surface area contributed by atoms with Gasteiger partial charge >= 0.3 is 0 Å². The van der Waals surface area contributed by atoms with Gasteiger partial charge in [0.15, 0.2) is 0 Å². The van der Waals surface area contributed by atoms with E-state index >= 15 is 0 Å². The lowest BCUT2D eigenvalue weighted by molar-refractivity contribution is 0.446. The molecule has 1 aromatic rings. The maximum Gasteiger partial charge on any atom is 0.115 e. The first-order chi connectivity index (χ1) is 7.13. The number of nitrogens with one attached hydrogen (secondary N) is 1. The molecule has 0 spiro atoms. The fourth-order valence-electron chi connectivity index (χ4n) is 1.83. The smallest absolute Gasteiger partial charge is 0.115 e. The van der Waals surface area contributed by atoms with Crippen molar-refractivity contribution >= 4 is 0 Å². The van der Waals surface area contributed by atoms with E-state index in [0.717, 1.165) is 5.56 Å². The molecule has 2 N–H and O–H groups in total. The zero-order valence-corrected chi connectivity index (χ0v) is 9.83. The Morgan fingerprint density at radius 2 is 2.07 bits per heavy atom. The molecule has 0 fully saturated rings. The third kappa shape index (κ3) is 3.92. The predicted octanol–water partition coefficient (Wildman–Crippen LogP) is 3.23. The van der Waals surface area contributed by atoms with Gasteiger partial charge in [0.1, 0.15) is 5.75 Å². The Bertz CT molecular complexity index is 298. The van der Waals surface area contributed by atoms with Crippen molar-refractivity contribution in [3.05, 3.63) is 29.8 Å². The van der Waals surface area contributed by atoms with Crippen molar-refractivity contribution in [2.75, 3.05) is 0 Å². The molecule has 0 saturated carbocycles. The van der Waals surface area contributed by atoms with Gasteiger partial charge in [0, 0.05) is 12.1 Å². The Labute approximate surface area is 92.3 Å². The van der Waals surface area contributed by atoms with Crippen LogP contribution >= 0.6 is 0 Å². The van der Waals surface area contributed by atoms with Crippen LogP contribution in [0.5, 0.6) is 5.75 Å². The molecule has 0 saturated heterocycles. The number of hydrogen-bond donors (Lipinski definition) is 2. The quantitative estimate of drug-likeness (QED) is 0.777. The molecule has 15 heavy (non-hydrogen) atoms. The average Bonchev–Trinajstić information content (AvgIpc) is 2.18. The topological polar surface area (TPSA) is 32.3 Å². The van der Waals surface area contributed by atoms with E-state index in [0.29, 0.717) is 17.8 Å². The number of phenolic OH excluding ortho intramolecular Hbond substituents is 1. The number of hydrogen-bond acceptors (Lipinski definition) is 2. The van der Waals surface area contributed by atoms with Crippen LogP contribution in [-0.2, 0) is 0 Å². The second kappa shape index (κ2) is 5.76. The van der Waals surface area contributed by atoms with Crippen LogP contribution in [0.1, 0.15) is 45.2 Å². The highest BCUT2D eigenvalue weighted by Crippen LogP contribution is 2.18. The summed E-state index contributed by atoms with van der Waals surface area (Å²) in [6.07, 6.45) is 2.38. The Hall–Kier alpha value is -1.02. The fraction of sp³-hybridized carbons (Fsp3) is 0.538. The molecule has 0 aliphatic rings. The fourth-order valence-corrected chi connectivity index (χ4v) is 1.83. The van der Waals surface area contributed by atoms with Crippen LogP contribution in [0.3, 0.4) is 0 Å². The molecule has 0 radical (unpaired) electrons. The standard InChI is InChI=1S/C13H21NO/c1-4-6-10(2)14-11(3)12-7-5-8-13(15)9-12/h5,7-11,14-15H,4,6H2,1-3H3. The summed E-state index contributed by atoms with van der Waals surface area (Å²) in [4.78, 5) is 0. The first-order valence-electron chi connectivity index (χ1n) is 5.68. The summed E-state index contributed by atoms with van der Waals surface area (Å²) >= 11 is 0. The zero-order chi connectivity index (χ0) is 11.3. The van der Waals surface area contributed by atoms with Gasteiger partial charge in [0.25, 0.3) is 0 Å². The highest BCUT2D eigenvalue weighted by molar-refractivity contribution is 5.29. The van der Waals surface area contributed by atoms with Crippen LogP contribution in [0.15, 0.2) is 24.3 Å². The Balaban J connectivity index is 2.56. The molecule has 0 aliphatic carbocycles. The van der Waals surface area contributed by atoms with Gasteiger partial charge in [-0.15, -0.1) is 0 Å². The lowest BCUT2D eigenvalue weighted by Gasteiger charge is -2.20. The van der Waals surface area contributed by atoms with Gasteiger partial charge < -0.3 is 10.4 Å². The maximum atomic E-state index is 9.37. The summed E-state index contributed by atoms with van der Waals surface area (Å²) in [5, 5.41) is 12.9. The number of phenols is 1. The summed E-state index contributed by atoms with van der Waals surface area (Å²) in [5.74, 6) is 0.337. The molecule has 0 aromatic heterocycles. The van der Waals surface area contributed by atoms with Gasteiger partial charge in [-0.1, -0.05) is 25.5 Å². The normalized spacial score (nSPS) is 14.9. The van der Waals surface area contributed by atoms with Crippen molar-refractivity contribution in [2.24, 2.45) is 0 Å². The van der Waals surface area contributed by atoms with Crippen LogP contribution in [-0.4, -0.2) is 11.1 Å². The molecule has 2 heteroatoms. The zero-order valence-electron chi connectivity index (χ0n) is 9.83. The van der Waals surface area contributed by atoms with Crippen molar-refractivity contribution in [1.29, 1.82) is 0 Å². The number of rotatable bonds is 5. The van der Waals surface area contributed by atoms with Crippen LogP contribution in [0.4, 0.5) is 0 Å². The second-order valence-electron chi connectivity index (χ2n) is 4.17. The molecular weight excluding hydrogens is 186 g/mol. The first-order valence-corrected chi connectivity index (χ1v) is 5.68. The molecule has 84 valence electrons. The molecular formula is C13H21NO. The van der Waals surface area contributed by atoms with Crippen LogP contribution in [0.25, 0.3) is 0 Å². The van der Waals surface area contributed by atoms with Gasteiger partial charge in [0.05, 0.1) is 0 Å². The molecule has 1 rings (SSSR count). The SMILES string of the molecule is CCCC(C)NC(C)c1cccc(O)c1. The summed E-state index contributed by atoms with van der Waals surface area (Å²) in [6.45, 7) is 6.51. The van der Waals surface area contributed by atoms with Crippen molar-refractivity contribution in [3.63, 3.8) is 0 Å². The van der Waals surface area contributed by atoms with E-state index in [4.69, 9.17) is 0 Å². The van der Waals surface area contributed by atoms with Gasteiger partial charge in [-0.3, -0.25) is 0 Å². The van der Waals surface area contributed by atoms with Crippen molar-refractivity contribution < 1.29 is 5.11 Å². The van der Waals surface area contributed by atoms with Crippen LogP contribution < -0.4 is 5.32 Å². The first kappa shape index (κ1) is 12.1. The van der Waals surface area contributed by atoms with E-state index in [1.807, 2.05) is 18.2 Å². The minimum absolute atomic E-state index is 0.290. The van der Waals surface area contributed by atoms with Gasteiger partial charge in [-0.2, -0.15) is 0 Å². The van der Waals surface area contributed by atoms with E-state index in [1.165, 1.54) is 12.8 Å². The third-order valence-electron chi connectivity index (χ3n) is 2.63. The largest absolute Gasteiger partial charge is 0.508 e. The average molecular weight is 207 g/mol. The Morgan fingerprint density at radius 3 is 2.67 bits per heavy atom. The van der Waals surface area contributed by atoms with Crippen molar-refractivity contribution in [1.82, 2.24) is 5.32 Å². The number of aromatic hydroxyl groups is 1. The van der Waals surface area contributed by atoms with Gasteiger partial charge in [-0.25, -0.2) is 0 Å². The minimum Gasteiger partial charge on any atom is -0.508 e. The predicted molar refractivity (Wildman–Crippen MR) is 64.0 cm³/mol. The Kier molecular flexibility index (Phi) is 4.63. The number of benzene rings is 1. The van der Waals surface area contributed by atoms with Crippen molar-refractivity contribution in [3.8, 4) is 5.75 Å². The molecule has 0 amide bonds. The molecule has 1 aromatic carbocycles. The molecule has 2 nitrogen and oxygen atoms in total. The second-order valence-corrected chi connectivity index (χ2v) is 4.17. The van der Waals surface area contributed by atoms with Crippen molar-refractivity contribution in [2.45, 2.75) is 45.7 Å². The monoisotopic (exact) mass is 207 g/mol. The summed E-state index contributed by atoms with van der Waals surface area (Å²) in [5.41, 5.74) is 1.14. The van der Waals surface area contributed by atoms with Crippen LogP contribution in [0, 0.1) is 0 Å². The maximum absolute atomic E-state index is 9.37. The lowest BCUT2D eigenvalue weighted by atomic mass is 10.1. The van der Waals surface area contributed by atoms with E-state index in [1.54, 1.807) is 6.07 Å². The summed E-state index contributed by atoms with van der Waals surface area (Å²) < 4.78 is 0. The lowest BCUT2D eigenvalue weighted by Crippen LogP contribution is -2.28. The summed E-state index contributed by atoms with van der Waals surface area (Å²) in [7, 11) is 0. The Morgan fingerprint density at radius 1 is 1.33 bits per heavy atom. The third-order valence-corrected chi connectivity index (χ3v) is 2.63.